The second kappa shape index (κ2) is 4.56. The standard InChI is InChI=1S/C11H18O2/c1-3-10(2)11(9-12)5-4-7-13-8-6-11/h3,9-10H,1,4-8H2,2H3. The topological polar surface area (TPSA) is 26.3 Å². The molecule has 1 aliphatic heterocycles. The maximum absolute atomic E-state index is 11.1. The molecule has 1 heterocycles. The summed E-state index contributed by atoms with van der Waals surface area (Å²) in [5.41, 5.74) is -0.210. The minimum atomic E-state index is -0.210. The van der Waals surface area contributed by atoms with Gasteiger partial charge >= 0.3 is 0 Å². The van der Waals surface area contributed by atoms with Crippen molar-refractivity contribution in [3.05, 3.63) is 12.7 Å². The smallest absolute Gasteiger partial charge is 0.126 e. The van der Waals surface area contributed by atoms with E-state index in [1.54, 1.807) is 0 Å². The summed E-state index contributed by atoms with van der Waals surface area (Å²) < 4.78 is 5.35. The lowest BCUT2D eigenvalue weighted by Crippen LogP contribution is -2.29. The number of allylic oxidation sites excluding steroid dienone is 1. The molecule has 1 rings (SSSR count). The average Bonchev–Trinajstić information content (AvgIpc) is 2.42. The zero-order chi connectivity index (χ0) is 9.73. The summed E-state index contributed by atoms with van der Waals surface area (Å²) in [5, 5.41) is 0. The van der Waals surface area contributed by atoms with Crippen molar-refractivity contribution in [1.82, 2.24) is 0 Å². The normalized spacial score (nSPS) is 31.8. The molecule has 0 aromatic rings. The highest BCUT2D eigenvalue weighted by atomic mass is 16.5. The minimum absolute atomic E-state index is 0.210. The third-order valence-corrected chi connectivity index (χ3v) is 3.14. The molecule has 0 saturated carbocycles. The van der Waals surface area contributed by atoms with Gasteiger partial charge in [0, 0.05) is 18.6 Å². The fourth-order valence-corrected chi connectivity index (χ4v) is 1.91. The molecule has 0 bridgehead atoms. The lowest BCUT2D eigenvalue weighted by molar-refractivity contribution is -0.118. The van der Waals surface area contributed by atoms with Gasteiger partial charge in [-0.1, -0.05) is 13.0 Å². The van der Waals surface area contributed by atoms with Gasteiger partial charge in [0.25, 0.3) is 0 Å². The van der Waals surface area contributed by atoms with E-state index in [9.17, 15) is 4.79 Å². The van der Waals surface area contributed by atoms with Crippen LogP contribution in [0.4, 0.5) is 0 Å². The van der Waals surface area contributed by atoms with E-state index in [0.717, 1.165) is 32.2 Å². The highest BCUT2D eigenvalue weighted by Gasteiger charge is 2.34. The lowest BCUT2D eigenvalue weighted by atomic mass is 9.72. The number of aldehydes is 1. The van der Waals surface area contributed by atoms with E-state index in [-0.39, 0.29) is 11.3 Å². The number of ether oxygens (including phenoxy) is 1. The molecule has 0 aromatic heterocycles. The van der Waals surface area contributed by atoms with E-state index < -0.39 is 0 Å². The van der Waals surface area contributed by atoms with Gasteiger partial charge in [-0.2, -0.15) is 0 Å². The number of hydrogen-bond donors (Lipinski definition) is 0. The largest absolute Gasteiger partial charge is 0.381 e. The zero-order valence-electron chi connectivity index (χ0n) is 8.29. The summed E-state index contributed by atoms with van der Waals surface area (Å²) in [4.78, 5) is 11.1. The Morgan fingerprint density at radius 1 is 1.46 bits per heavy atom. The number of rotatable bonds is 3. The van der Waals surface area contributed by atoms with Crippen molar-refractivity contribution in [3.8, 4) is 0 Å². The molecule has 1 aliphatic rings. The summed E-state index contributed by atoms with van der Waals surface area (Å²) in [6.45, 7) is 7.32. The van der Waals surface area contributed by atoms with Gasteiger partial charge in [-0.25, -0.2) is 0 Å². The van der Waals surface area contributed by atoms with Crippen molar-refractivity contribution in [1.29, 1.82) is 0 Å². The second-order valence-electron chi connectivity index (χ2n) is 3.84. The molecule has 1 fully saturated rings. The summed E-state index contributed by atoms with van der Waals surface area (Å²) in [6, 6.07) is 0. The summed E-state index contributed by atoms with van der Waals surface area (Å²) in [7, 11) is 0. The van der Waals surface area contributed by atoms with E-state index in [2.05, 4.69) is 13.5 Å². The Bertz CT molecular complexity index is 179. The van der Waals surface area contributed by atoms with Crippen LogP contribution < -0.4 is 0 Å². The Labute approximate surface area is 80.0 Å². The minimum Gasteiger partial charge on any atom is -0.381 e. The first-order valence-electron chi connectivity index (χ1n) is 4.92. The zero-order valence-corrected chi connectivity index (χ0v) is 8.29. The molecule has 0 aromatic carbocycles. The molecular weight excluding hydrogens is 164 g/mol. The number of hydrogen-bond acceptors (Lipinski definition) is 2. The summed E-state index contributed by atoms with van der Waals surface area (Å²) in [5.74, 6) is 0.256. The highest BCUT2D eigenvalue weighted by Crippen LogP contribution is 2.36. The SMILES string of the molecule is C=CC(C)C1(C=O)CCCOCC1. The van der Waals surface area contributed by atoms with Gasteiger partial charge in [0.1, 0.15) is 6.29 Å². The Morgan fingerprint density at radius 3 is 2.85 bits per heavy atom. The van der Waals surface area contributed by atoms with Crippen LogP contribution in [0.2, 0.25) is 0 Å². The highest BCUT2D eigenvalue weighted by molar-refractivity contribution is 5.60. The molecule has 1 saturated heterocycles. The predicted octanol–water partition coefficient (Wildman–Crippen LogP) is 2.19. The lowest BCUT2D eigenvalue weighted by Gasteiger charge is -2.30. The van der Waals surface area contributed by atoms with E-state index in [1.165, 1.54) is 0 Å². The van der Waals surface area contributed by atoms with Crippen molar-refractivity contribution < 1.29 is 9.53 Å². The van der Waals surface area contributed by atoms with Gasteiger partial charge in [0.05, 0.1) is 0 Å². The summed E-state index contributed by atoms with van der Waals surface area (Å²) in [6.07, 6.45) is 5.73. The second-order valence-corrected chi connectivity index (χ2v) is 3.84. The Morgan fingerprint density at radius 2 is 2.23 bits per heavy atom. The summed E-state index contributed by atoms with van der Waals surface area (Å²) >= 11 is 0. The van der Waals surface area contributed by atoms with Gasteiger partial charge in [-0.05, 0) is 25.2 Å². The van der Waals surface area contributed by atoms with Crippen LogP contribution in [0.25, 0.3) is 0 Å². The first-order chi connectivity index (χ1) is 6.25. The Balaban J connectivity index is 2.75. The van der Waals surface area contributed by atoms with Gasteiger partial charge in [-0.3, -0.25) is 0 Å². The molecule has 0 N–H and O–H groups in total. The fourth-order valence-electron chi connectivity index (χ4n) is 1.91. The van der Waals surface area contributed by atoms with Crippen LogP contribution >= 0.6 is 0 Å². The molecule has 2 unspecified atom stereocenters. The molecule has 13 heavy (non-hydrogen) atoms. The van der Waals surface area contributed by atoms with Crippen molar-refractivity contribution in [2.75, 3.05) is 13.2 Å². The molecule has 74 valence electrons. The maximum Gasteiger partial charge on any atom is 0.126 e. The van der Waals surface area contributed by atoms with E-state index in [1.807, 2.05) is 6.08 Å². The first-order valence-corrected chi connectivity index (χ1v) is 4.92. The first kappa shape index (κ1) is 10.5. The van der Waals surface area contributed by atoms with Crippen LogP contribution in [0.1, 0.15) is 26.2 Å². The van der Waals surface area contributed by atoms with E-state index in [0.29, 0.717) is 6.61 Å². The van der Waals surface area contributed by atoms with Crippen LogP contribution in [0.5, 0.6) is 0 Å². The van der Waals surface area contributed by atoms with Crippen LogP contribution in [-0.2, 0) is 9.53 Å². The van der Waals surface area contributed by atoms with E-state index >= 15 is 0 Å². The molecule has 0 amide bonds. The van der Waals surface area contributed by atoms with Crippen LogP contribution in [0.3, 0.4) is 0 Å². The molecule has 0 aliphatic carbocycles. The molecule has 2 atom stereocenters. The predicted molar refractivity (Wildman–Crippen MR) is 52.5 cm³/mol. The third kappa shape index (κ3) is 2.19. The number of carbonyl (C=O) groups excluding carboxylic acids is 1. The van der Waals surface area contributed by atoms with Crippen molar-refractivity contribution in [2.45, 2.75) is 26.2 Å². The van der Waals surface area contributed by atoms with Gasteiger partial charge in [0.2, 0.25) is 0 Å². The molecular formula is C11H18O2. The van der Waals surface area contributed by atoms with Gasteiger partial charge in [-0.15, -0.1) is 6.58 Å². The Hall–Kier alpha value is -0.630. The monoisotopic (exact) mass is 182 g/mol. The molecule has 2 heteroatoms. The van der Waals surface area contributed by atoms with Crippen molar-refractivity contribution in [3.63, 3.8) is 0 Å². The quantitative estimate of drug-likeness (QED) is 0.494. The third-order valence-electron chi connectivity index (χ3n) is 3.14. The molecule has 0 spiro atoms. The van der Waals surface area contributed by atoms with Crippen molar-refractivity contribution in [2.24, 2.45) is 11.3 Å². The van der Waals surface area contributed by atoms with Crippen LogP contribution in [-0.4, -0.2) is 19.5 Å². The van der Waals surface area contributed by atoms with Crippen molar-refractivity contribution >= 4 is 6.29 Å². The maximum atomic E-state index is 11.1. The molecule has 2 nitrogen and oxygen atoms in total. The van der Waals surface area contributed by atoms with Crippen LogP contribution in [0.15, 0.2) is 12.7 Å². The van der Waals surface area contributed by atoms with E-state index in [4.69, 9.17) is 4.74 Å². The number of carbonyl (C=O) groups is 1. The fraction of sp³-hybridized carbons (Fsp3) is 0.727. The van der Waals surface area contributed by atoms with Gasteiger partial charge in [0.15, 0.2) is 0 Å². The average molecular weight is 182 g/mol. The Kier molecular flexibility index (Phi) is 3.67. The van der Waals surface area contributed by atoms with Gasteiger partial charge < -0.3 is 9.53 Å². The molecule has 0 radical (unpaired) electrons. The van der Waals surface area contributed by atoms with Crippen LogP contribution in [0, 0.1) is 11.3 Å².